The second-order valence-electron chi connectivity index (χ2n) is 6.05. The van der Waals surface area contributed by atoms with Crippen molar-refractivity contribution in [1.29, 1.82) is 0 Å². The van der Waals surface area contributed by atoms with E-state index in [4.69, 9.17) is 11.6 Å². The molecule has 0 unspecified atom stereocenters. The highest BCUT2D eigenvalue weighted by molar-refractivity contribution is 6.30. The van der Waals surface area contributed by atoms with Crippen molar-refractivity contribution < 1.29 is 9.59 Å². The van der Waals surface area contributed by atoms with Gasteiger partial charge in [0.05, 0.1) is 6.42 Å². The predicted molar refractivity (Wildman–Crippen MR) is 105 cm³/mol. The molecule has 0 aliphatic heterocycles. The molecule has 2 aromatic rings. The Labute approximate surface area is 158 Å². The Bertz CT molecular complexity index is 804. The number of hydrogen-bond donors (Lipinski definition) is 2. The number of benzene rings is 2. The molecule has 0 atom stereocenters. The summed E-state index contributed by atoms with van der Waals surface area (Å²) >= 11 is 5.90. The summed E-state index contributed by atoms with van der Waals surface area (Å²) in [5.74, 6) is -0.377. The standard InChI is InChI=1S/C20H22ClN3O2/c1-14-12-17(21)9-10-18(14)22-20(26)13-15(2)23-24-19(25)11-8-16-6-4-3-5-7-16/h3-7,9-10,12H,8,11,13H2,1-2H3,(H,22,26)(H,24,25). The van der Waals surface area contributed by atoms with E-state index in [9.17, 15) is 9.59 Å². The van der Waals surface area contributed by atoms with Crippen molar-refractivity contribution in [2.75, 3.05) is 5.32 Å². The van der Waals surface area contributed by atoms with Crippen LogP contribution >= 0.6 is 11.6 Å². The minimum atomic E-state index is -0.199. The van der Waals surface area contributed by atoms with Gasteiger partial charge < -0.3 is 5.32 Å². The molecule has 2 N–H and O–H groups in total. The molecule has 2 aromatic carbocycles. The van der Waals surface area contributed by atoms with Crippen molar-refractivity contribution in [3.05, 3.63) is 64.7 Å². The van der Waals surface area contributed by atoms with E-state index in [2.05, 4.69) is 15.8 Å². The number of hydrogen-bond acceptors (Lipinski definition) is 3. The van der Waals surface area contributed by atoms with Gasteiger partial charge in [0, 0.05) is 22.8 Å². The average molecular weight is 372 g/mol. The average Bonchev–Trinajstić information content (AvgIpc) is 2.61. The largest absolute Gasteiger partial charge is 0.326 e. The molecule has 0 radical (unpaired) electrons. The van der Waals surface area contributed by atoms with Gasteiger partial charge in [0.1, 0.15) is 0 Å². The molecule has 0 bridgehead atoms. The number of aryl methyl sites for hydroxylation is 2. The summed E-state index contributed by atoms with van der Waals surface area (Å²) in [5, 5.41) is 7.42. The summed E-state index contributed by atoms with van der Waals surface area (Å²) < 4.78 is 0. The summed E-state index contributed by atoms with van der Waals surface area (Å²) in [6.45, 7) is 3.57. The van der Waals surface area contributed by atoms with Crippen molar-refractivity contribution in [3.8, 4) is 0 Å². The second kappa shape index (κ2) is 9.73. The lowest BCUT2D eigenvalue weighted by Gasteiger charge is -2.08. The van der Waals surface area contributed by atoms with Gasteiger partial charge in [-0.15, -0.1) is 0 Å². The number of hydrazone groups is 1. The van der Waals surface area contributed by atoms with Crippen LogP contribution in [0.2, 0.25) is 5.02 Å². The lowest BCUT2D eigenvalue weighted by atomic mass is 10.1. The van der Waals surface area contributed by atoms with E-state index in [1.807, 2.05) is 37.3 Å². The van der Waals surface area contributed by atoms with Crippen molar-refractivity contribution >= 4 is 34.8 Å². The number of amides is 2. The molecule has 6 heteroatoms. The lowest BCUT2D eigenvalue weighted by Crippen LogP contribution is -2.21. The minimum absolute atomic E-state index is 0.0982. The van der Waals surface area contributed by atoms with E-state index >= 15 is 0 Å². The number of carbonyl (C=O) groups is 2. The number of carbonyl (C=O) groups excluding carboxylic acids is 2. The quantitative estimate of drug-likeness (QED) is 0.568. The molecule has 5 nitrogen and oxygen atoms in total. The molecule has 0 fully saturated rings. The number of anilines is 1. The van der Waals surface area contributed by atoms with Gasteiger partial charge >= 0.3 is 0 Å². The molecule has 2 amide bonds. The third kappa shape index (κ3) is 6.69. The number of nitrogens with zero attached hydrogens (tertiary/aromatic N) is 1. The van der Waals surface area contributed by atoms with E-state index in [0.29, 0.717) is 29.3 Å². The third-order valence-corrected chi connectivity index (χ3v) is 3.97. The molecule has 136 valence electrons. The minimum Gasteiger partial charge on any atom is -0.326 e. The van der Waals surface area contributed by atoms with Crippen LogP contribution in [0.25, 0.3) is 0 Å². The van der Waals surface area contributed by atoms with Gasteiger partial charge in [0.25, 0.3) is 0 Å². The molecular formula is C20H22ClN3O2. The van der Waals surface area contributed by atoms with Crippen LogP contribution in [0, 0.1) is 6.92 Å². The highest BCUT2D eigenvalue weighted by atomic mass is 35.5. The van der Waals surface area contributed by atoms with Crippen LogP contribution in [-0.2, 0) is 16.0 Å². The maximum absolute atomic E-state index is 12.1. The van der Waals surface area contributed by atoms with Crippen LogP contribution in [0.3, 0.4) is 0 Å². The fraction of sp³-hybridized carbons (Fsp3) is 0.250. The summed E-state index contributed by atoms with van der Waals surface area (Å²) in [6.07, 6.45) is 1.09. The van der Waals surface area contributed by atoms with Gasteiger partial charge in [0.2, 0.25) is 11.8 Å². The number of nitrogens with one attached hydrogen (secondary N) is 2. The van der Waals surface area contributed by atoms with E-state index in [1.54, 1.807) is 25.1 Å². The fourth-order valence-electron chi connectivity index (χ4n) is 2.35. The van der Waals surface area contributed by atoms with E-state index < -0.39 is 0 Å². The Morgan fingerprint density at radius 3 is 2.50 bits per heavy atom. The maximum atomic E-state index is 12.1. The van der Waals surface area contributed by atoms with Crippen molar-refractivity contribution in [2.45, 2.75) is 33.1 Å². The Morgan fingerprint density at radius 1 is 1.08 bits per heavy atom. The van der Waals surface area contributed by atoms with Gasteiger partial charge in [-0.25, -0.2) is 5.43 Å². The van der Waals surface area contributed by atoms with Crippen molar-refractivity contribution in [3.63, 3.8) is 0 Å². The summed E-state index contributed by atoms with van der Waals surface area (Å²) in [4.78, 5) is 23.9. The van der Waals surface area contributed by atoms with Gasteiger partial charge in [-0.2, -0.15) is 5.10 Å². The lowest BCUT2D eigenvalue weighted by molar-refractivity contribution is -0.121. The first-order valence-electron chi connectivity index (χ1n) is 8.36. The Hall–Kier alpha value is -2.66. The first kappa shape index (κ1) is 19.7. The summed E-state index contributed by atoms with van der Waals surface area (Å²) in [6, 6.07) is 15.0. The van der Waals surface area contributed by atoms with Crippen LogP contribution in [-0.4, -0.2) is 17.5 Å². The van der Waals surface area contributed by atoms with Gasteiger partial charge in [-0.3, -0.25) is 9.59 Å². The topological polar surface area (TPSA) is 70.6 Å². The molecule has 0 aliphatic rings. The van der Waals surface area contributed by atoms with Gasteiger partial charge in [-0.05, 0) is 49.6 Å². The van der Waals surface area contributed by atoms with E-state index in [-0.39, 0.29) is 18.2 Å². The maximum Gasteiger partial charge on any atom is 0.240 e. The highest BCUT2D eigenvalue weighted by Crippen LogP contribution is 2.19. The van der Waals surface area contributed by atoms with Crippen LogP contribution in [0.1, 0.15) is 30.9 Å². The second-order valence-corrected chi connectivity index (χ2v) is 6.49. The Kier molecular flexibility index (Phi) is 7.36. The molecular weight excluding hydrogens is 350 g/mol. The predicted octanol–water partition coefficient (Wildman–Crippen LogP) is 4.10. The Morgan fingerprint density at radius 2 is 1.81 bits per heavy atom. The molecule has 26 heavy (non-hydrogen) atoms. The SMILES string of the molecule is CC(CC(=O)Nc1ccc(Cl)cc1C)=NNC(=O)CCc1ccccc1. The molecule has 0 saturated carbocycles. The number of rotatable bonds is 7. The van der Waals surface area contributed by atoms with Crippen molar-refractivity contribution in [1.82, 2.24) is 5.43 Å². The van der Waals surface area contributed by atoms with Crippen LogP contribution < -0.4 is 10.7 Å². The molecule has 0 heterocycles. The zero-order valence-electron chi connectivity index (χ0n) is 14.9. The van der Waals surface area contributed by atoms with Crippen LogP contribution in [0.15, 0.2) is 53.6 Å². The van der Waals surface area contributed by atoms with E-state index in [0.717, 1.165) is 11.1 Å². The summed E-state index contributed by atoms with van der Waals surface area (Å²) in [7, 11) is 0. The smallest absolute Gasteiger partial charge is 0.240 e. The van der Waals surface area contributed by atoms with Gasteiger partial charge in [0.15, 0.2) is 0 Å². The summed E-state index contributed by atoms with van der Waals surface area (Å²) in [5.41, 5.74) is 5.71. The van der Waals surface area contributed by atoms with E-state index in [1.165, 1.54) is 0 Å². The number of halogens is 1. The zero-order chi connectivity index (χ0) is 18.9. The first-order valence-corrected chi connectivity index (χ1v) is 8.74. The monoisotopic (exact) mass is 371 g/mol. The normalized spacial score (nSPS) is 11.1. The van der Waals surface area contributed by atoms with Crippen LogP contribution in [0.5, 0.6) is 0 Å². The third-order valence-electron chi connectivity index (χ3n) is 3.73. The molecule has 0 aliphatic carbocycles. The Balaban J connectivity index is 1.77. The molecule has 0 saturated heterocycles. The zero-order valence-corrected chi connectivity index (χ0v) is 15.6. The molecule has 0 aromatic heterocycles. The molecule has 2 rings (SSSR count). The van der Waals surface area contributed by atoms with Gasteiger partial charge in [-0.1, -0.05) is 41.9 Å². The first-order chi connectivity index (χ1) is 12.4. The fourth-order valence-corrected chi connectivity index (χ4v) is 2.58. The van der Waals surface area contributed by atoms with Crippen LogP contribution in [0.4, 0.5) is 5.69 Å². The van der Waals surface area contributed by atoms with Crippen molar-refractivity contribution in [2.24, 2.45) is 5.10 Å². The highest BCUT2D eigenvalue weighted by Gasteiger charge is 2.08. The molecule has 0 spiro atoms.